The van der Waals surface area contributed by atoms with Gasteiger partial charge < -0.3 is 24.8 Å². The molecule has 7 nitrogen and oxygen atoms in total. The van der Waals surface area contributed by atoms with Gasteiger partial charge in [-0.1, -0.05) is 0 Å². The first-order valence-electron chi connectivity index (χ1n) is 8.14. The largest absolute Gasteiger partial charge is 0.476 e. The maximum Gasteiger partial charge on any atom is 0.417 e. The van der Waals surface area contributed by atoms with Gasteiger partial charge in [-0.15, -0.1) is 0 Å². The lowest BCUT2D eigenvalue weighted by atomic mass is 10.3. The molecule has 0 atom stereocenters. The van der Waals surface area contributed by atoms with Gasteiger partial charge >= 0.3 is 6.18 Å². The van der Waals surface area contributed by atoms with Gasteiger partial charge in [-0.25, -0.2) is 4.98 Å². The minimum atomic E-state index is -4.40. The van der Waals surface area contributed by atoms with Crippen LogP contribution in [0.25, 0.3) is 0 Å². The number of nitrogens with one attached hydrogen (secondary N) is 2. The summed E-state index contributed by atoms with van der Waals surface area (Å²) in [6, 6.07) is 2.13. The Hall–Kier alpha value is -2.07. The molecule has 10 heteroatoms. The molecule has 2 N–H and O–H groups in total. The summed E-state index contributed by atoms with van der Waals surface area (Å²) in [6.45, 7) is 3.11. The summed E-state index contributed by atoms with van der Waals surface area (Å²) in [7, 11) is 3.26. The van der Waals surface area contributed by atoms with Gasteiger partial charge in [-0.2, -0.15) is 13.2 Å². The van der Waals surface area contributed by atoms with Crippen LogP contribution in [0.1, 0.15) is 12.0 Å². The summed E-state index contributed by atoms with van der Waals surface area (Å²) < 4.78 is 52.8. The maximum atomic E-state index is 12.4. The minimum absolute atomic E-state index is 0.135. The van der Waals surface area contributed by atoms with Crippen LogP contribution >= 0.6 is 0 Å². The predicted molar refractivity (Wildman–Crippen MR) is 91.4 cm³/mol. The van der Waals surface area contributed by atoms with Gasteiger partial charge in [0.2, 0.25) is 5.88 Å². The molecular formula is C16H25F3N4O3. The molecule has 0 saturated carbocycles. The van der Waals surface area contributed by atoms with Crippen molar-refractivity contribution in [3.05, 3.63) is 23.9 Å². The van der Waals surface area contributed by atoms with E-state index in [0.717, 1.165) is 18.7 Å². The van der Waals surface area contributed by atoms with Crippen molar-refractivity contribution in [2.45, 2.75) is 12.6 Å². The molecule has 0 unspecified atom stereocenters. The fourth-order valence-electron chi connectivity index (χ4n) is 1.80. The molecule has 0 aromatic carbocycles. The van der Waals surface area contributed by atoms with Gasteiger partial charge in [0.05, 0.1) is 25.3 Å². The molecule has 0 bridgehead atoms. The first-order chi connectivity index (χ1) is 12.5. The number of hydrogen-bond acceptors (Lipinski definition) is 5. The molecule has 1 rings (SSSR count). The Labute approximate surface area is 150 Å². The Kier molecular flexibility index (Phi) is 10.4. The number of rotatable bonds is 11. The van der Waals surface area contributed by atoms with Crippen molar-refractivity contribution >= 4 is 5.96 Å². The van der Waals surface area contributed by atoms with Crippen molar-refractivity contribution < 1.29 is 27.4 Å². The molecule has 0 aliphatic carbocycles. The second-order valence-electron chi connectivity index (χ2n) is 5.12. The Morgan fingerprint density at radius 3 is 2.50 bits per heavy atom. The molecular weight excluding hydrogens is 353 g/mol. The van der Waals surface area contributed by atoms with E-state index < -0.39 is 11.7 Å². The summed E-state index contributed by atoms with van der Waals surface area (Å²) in [4.78, 5) is 7.69. The topological polar surface area (TPSA) is 77.0 Å². The highest BCUT2D eigenvalue weighted by molar-refractivity contribution is 5.79. The van der Waals surface area contributed by atoms with E-state index in [-0.39, 0.29) is 12.5 Å². The number of nitrogens with zero attached hydrogens (tertiary/aromatic N) is 2. The fraction of sp³-hybridized carbons (Fsp3) is 0.625. The molecule has 1 aromatic rings. The highest BCUT2D eigenvalue weighted by Gasteiger charge is 2.30. The summed E-state index contributed by atoms with van der Waals surface area (Å²) in [6.07, 6.45) is -2.84. The molecule has 0 saturated heterocycles. The first kappa shape index (κ1) is 22.0. The molecule has 0 aliphatic rings. The quantitative estimate of drug-likeness (QED) is 0.347. The Balaban J connectivity index is 2.15. The lowest BCUT2D eigenvalue weighted by Crippen LogP contribution is -2.40. The molecule has 0 radical (unpaired) electrons. The average molecular weight is 378 g/mol. The van der Waals surface area contributed by atoms with Crippen molar-refractivity contribution in [3.8, 4) is 5.88 Å². The average Bonchev–Trinajstić information content (AvgIpc) is 2.62. The lowest BCUT2D eigenvalue weighted by molar-refractivity contribution is -0.137. The predicted octanol–water partition coefficient (Wildman–Crippen LogP) is 1.70. The van der Waals surface area contributed by atoms with E-state index in [9.17, 15) is 13.2 Å². The molecule has 0 fully saturated rings. The summed E-state index contributed by atoms with van der Waals surface area (Å²) in [5.74, 6) is 0.738. The normalized spacial score (nSPS) is 12.1. The number of methoxy groups -OCH3 is 1. The molecule has 1 aromatic heterocycles. The third kappa shape index (κ3) is 9.42. The molecule has 0 spiro atoms. The van der Waals surface area contributed by atoms with Crippen molar-refractivity contribution in [1.82, 2.24) is 15.6 Å². The van der Waals surface area contributed by atoms with E-state index in [1.165, 1.54) is 6.07 Å². The number of pyridine rings is 1. The highest BCUT2D eigenvalue weighted by atomic mass is 19.4. The monoisotopic (exact) mass is 378 g/mol. The Morgan fingerprint density at radius 2 is 1.88 bits per heavy atom. The fourth-order valence-corrected chi connectivity index (χ4v) is 1.80. The number of aliphatic imine (C=N–C) groups is 1. The van der Waals surface area contributed by atoms with Crippen molar-refractivity contribution in [1.29, 1.82) is 0 Å². The van der Waals surface area contributed by atoms with Crippen LogP contribution in [-0.2, 0) is 15.7 Å². The van der Waals surface area contributed by atoms with E-state index in [1.807, 2.05) is 0 Å². The van der Waals surface area contributed by atoms with Crippen LogP contribution in [0.2, 0.25) is 0 Å². The Bertz CT molecular complexity index is 524. The number of ether oxygens (including phenoxy) is 3. The zero-order valence-electron chi connectivity index (χ0n) is 14.9. The van der Waals surface area contributed by atoms with Gasteiger partial charge in [0.25, 0.3) is 0 Å². The molecule has 1 heterocycles. The molecule has 0 amide bonds. The number of alkyl halides is 3. The van der Waals surface area contributed by atoms with Gasteiger partial charge in [0.15, 0.2) is 5.96 Å². The number of aromatic nitrogens is 1. The van der Waals surface area contributed by atoms with Crippen LogP contribution in [-0.4, -0.2) is 64.6 Å². The first-order valence-corrected chi connectivity index (χ1v) is 8.14. The number of guanidine groups is 1. The van der Waals surface area contributed by atoms with Gasteiger partial charge in [-0.3, -0.25) is 4.99 Å². The van der Waals surface area contributed by atoms with Gasteiger partial charge in [0, 0.05) is 39.6 Å². The second-order valence-corrected chi connectivity index (χ2v) is 5.12. The van der Waals surface area contributed by atoms with E-state index in [1.54, 1.807) is 14.2 Å². The third-order valence-electron chi connectivity index (χ3n) is 3.12. The van der Waals surface area contributed by atoms with Crippen LogP contribution in [0.3, 0.4) is 0 Å². The van der Waals surface area contributed by atoms with Crippen LogP contribution in [0.5, 0.6) is 5.88 Å². The lowest BCUT2D eigenvalue weighted by Gasteiger charge is -2.12. The van der Waals surface area contributed by atoms with E-state index in [2.05, 4.69) is 20.6 Å². The van der Waals surface area contributed by atoms with Crippen LogP contribution in [0.4, 0.5) is 13.2 Å². The van der Waals surface area contributed by atoms with Crippen molar-refractivity contribution in [3.63, 3.8) is 0 Å². The van der Waals surface area contributed by atoms with Crippen LogP contribution < -0.4 is 15.4 Å². The van der Waals surface area contributed by atoms with Crippen molar-refractivity contribution in [2.75, 3.05) is 53.7 Å². The summed E-state index contributed by atoms with van der Waals surface area (Å²) >= 11 is 0. The van der Waals surface area contributed by atoms with Gasteiger partial charge in [-0.05, 0) is 12.5 Å². The smallest absolute Gasteiger partial charge is 0.417 e. The number of halogens is 3. The van der Waals surface area contributed by atoms with Crippen LogP contribution in [0, 0.1) is 0 Å². The molecule has 26 heavy (non-hydrogen) atoms. The van der Waals surface area contributed by atoms with E-state index in [4.69, 9.17) is 14.2 Å². The zero-order chi connectivity index (χ0) is 19.3. The van der Waals surface area contributed by atoms with E-state index >= 15 is 0 Å². The summed E-state index contributed by atoms with van der Waals surface area (Å²) in [5.41, 5.74) is -0.807. The second kappa shape index (κ2) is 12.3. The highest BCUT2D eigenvalue weighted by Crippen LogP contribution is 2.29. The maximum absolute atomic E-state index is 12.4. The summed E-state index contributed by atoms with van der Waals surface area (Å²) in [5, 5.41) is 6.15. The van der Waals surface area contributed by atoms with E-state index in [0.29, 0.717) is 38.9 Å². The van der Waals surface area contributed by atoms with Crippen molar-refractivity contribution in [2.24, 2.45) is 4.99 Å². The zero-order valence-corrected chi connectivity index (χ0v) is 14.9. The SMILES string of the molecule is CN=C(NCCCOCCOC)NCCOc1ccc(C(F)(F)F)cn1. The van der Waals surface area contributed by atoms with Crippen LogP contribution in [0.15, 0.2) is 23.3 Å². The molecule has 0 aliphatic heterocycles. The minimum Gasteiger partial charge on any atom is -0.476 e. The number of hydrogen-bond donors (Lipinski definition) is 2. The molecule has 148 valence electrons. The third-order valence-corrected chi connectivity index (χ3v) is 3.12. The Morgan fingerprint density at radius 1 is 1.12 bits per heavy atom. The standard InChI is InChI=1S/C16H25F3N4O3/c1-20-15(21-6-3-8-25-11-10-24-2)22-7-9-26-14-5-4-13(12-23-14)16(17,18)19/h4-5,12H,3,6-11H2,1-2H3,(H2,20,21,22). The van der Waals surface area contributed by atoms with Gasteiger partial charge in [0.1, 0.15) is 6.61 Å².